The number of sulfone groups is 1. The fourth-order valence-corrected chi connectivity index (χ4v) is 4.71. The number of aliphatic hydroxyl groups is 1. The molecular weight excluding hydrogens is 214 g/mol. The molecular formula is C10H19NO3S. The summed E-state index contributed by atoms with van der Waals surface area (Å²) in [6, 6.07) is 0.180. The predicted molar refractivity (Wildman–Crippen MR) is 58.4 cm³/mol. The van der Waals surface area contributed by atoms with E-state index in [1.807, 2.05) is 0 Å². The summed E-state index contributed by atoms with van der Waals surface area (Å²) in [5.41, 5.74) is 0. The Balaban J connectivity index is 1.88. The van der Waals surface area contributed by atoms with E-state index in [0.717, 1.165) is 32.2 Å². The van der Waals surface area contributed by atoms with E-state index < -0.39 is 9.84 Å². The van der Waals surface area contributed by atoms with Crippen molar-refractivity contribution in [1.29, 1.82) is 0 Å². The molecule has 2 heterocycles. The Morgan fingerprint density at radius 2 is 2.20 bits per heavy atom. The number of hydrogen-bond donors (Lipinski definition) is 2. The molecule has 5 heteroatoms. The molecule has 0 aromatic carbocycles. The molecule has 2 aliphatic heterocycles. The van der Waals surface area contributed by atoms with E-state index in [2.05, 4.69) is 5.32 Å². The Labute approximate surface area is 91.0 Å². The summed E-state index contributed by atoms with van der Waals surface area (Å²) >= 11 is 0. The van der Waals surface area contributed by atoms with E-state index in [1.54, 1.807) is 0 Å². The summed E-state index contributed by atoms with van der Waals surface area (Å²) in [6.45, 7) is 1.02. The topological polar surface area (TPSA) is 66.4 Å². The van der Waals surface area contributed by atoms with Gasteiger partial charge in [-0.15, -0.1) is 0 Å². The maximum absolute atomic E-state index is 11.6. The van der Waals surface area contributed by atoms with Crippen LogP contribution >= 0.6 is 0 Å². The molecule has 0 saturated carbocycles. The molecule has 3 atom stereocenters. The lowest BCUT2D eigenvalue weighted by Crippen LogP contribution is -2.24. The Morgan fingerprint density at radius 3 is 2.73 bits per heavy atom. The van der Waals surface area contributed by atoms with Gasteiger partial charge in [-0.05, 0) is 38.1 Å². The van der Waals surface area contributed by atoms with Gasteiger partial charge >= 0.3 is 0 Å². The second-order valence-electron chi connectivity index (χ2n) is 4.76. The Morgan fingerprint density at radius 1 is 1.40 bits per heavy atom. The standard InChI is InChI=1S/C10H19NO3S/c12-7-9-4-8(6-11-9)5-10-2-1-3-15(10,13)14/h8-12H,1-7H2. The van der Waals surface area contributed by atoms with Gasteiger partial charge in [-0.25, -0.2) is 8.42 Å². The molecule has 0 spiro atoms. The Hall–Kier alpha value is -0.130. The first-order valence-electron chi connectivity index (χ1n) is 5.67. The van der Waals surface area contributed by atoms with Gasteiger partial charge in [-0.2, -0.15) is 0 Å². The molecule has 0 bridgehead atoms. The lowest BCUT2D eigenvalue weighted by atomic mass is 9.98. The first kappa shape index (κ1) is 11.4. The maximum Gasteiger partial charge on any atom is 0.153 e. The maximum atomic E-state index is 11.6. The third-order valence-electron chi connectivity index (χ3n) is 3.59. The molecule has 3 unspecified atom stereocenters. The lowest BCUT2D eigenvalue weighted by Gasteiger charge is -2.14. The van der Waals surface area contributed by atoms with Crippen molar-refractivity contribution in [2.75, 3.05) is 18.9 Å². The van der Waals surface area contributed by atoms with Gasteiger partial charge < -0.3 is 10.4 Å². The van der Waals surface area contributed by atoms with Crippen molar-refractivity contribution in [3.05, 3.63) is 0 Å². The zero-order chi connectivity index (χ0) is 10.9. The van der Waals surface area contributed by atoms with E-state index in [-0.39, 0.29) is 17.9 Å². The van der Waals surface area contributed by atoms with Crippen LogP contribution in [0.3, 0.4) is 0 Å². The summed E-state index contributed by atoms with van der Waals surface area (Å²) in [5.74, 6) is 0.807. The molecule has 2 fully saturated rings. The highest BCUT2D eigenvalue weighted by Crippen LogP contribution is 2.29. The predicted octanol–water partition coefficient (Wildman–Crippen LogP) is -0.0759. The molecule has 2 saturated heterocycles. The van der Waals surface area contributed by atoms with Crippen LogP contribution in [-0.4, -0.2) is 43.7 Å². The van der Waals surface area contributed by atoms with E-state index in [0.29, 0.717) is 11.7 Å². The van der Waals surface area contributed by atoms with Crippen molar-refractivity contribution in [3.8, 4) is 0 Å². The third-order valence-corrected chi connectivity index (χ3v) is 5.89. The van der Waals surface area contributed by atoms with Crippen molar-refractivity contribution in [2.24, 2.45) is 5.92 Å². The number of rotatable bonds is 3. The summed E-state index contributed by atoms with van der Waals surface area (Å²) in [4.78, 5) is 0. The van der Waals surface area contributed by atoms with Crippen LogP contribution in [0.15, 0.2) is 0 Å². The molecule has 0 aliphatic carbocycles. The first-order chi connectivity index (χ1) is 7.12. The minimum Gasteiger partial charge on any atom is -0.395 e. The van der Waals surface area contributed by atoms with E-state index in [9.17, 15) is 8.42 Å². The van der Waals surface area contributed by atoms with Crippen molar-refractivity contribution in [1.82, 2.24) is 5.32 Å². The molecule has 2 rings (SSSR count). The second-order valence-corrected chi connectivity index (χ2v) is 7.16. The second kappa shape index (κ2) is 4.39. The van der Waals surface area contributed by atoms with Crippen LogP contribution in [0.2, 0.25) is 0 Å². The number of hydrogen-bond acceptors (Lipinski definition) is 4. The van der Waals surface area contributed by atoms with Crippen LogP contribution in [0.4, 0.5) is 0 Å². The highest BCUT2D eigenvalue weighted by Gasteiger charge is 2.35. The largest absolute Gasteiger partial charge is 0.395 e. The van der Waals surface area contributed by atoms with Crippen molar-refractivity contribution in [2.45, 2.75) is 37.0 Å². The van der Waals surface area contributed by atoms with Crippen LogP contribution in [0.25, 0.3) is 0 Å². The Bertz CT molecular complexity index is 315. The summed E-state index contributed by atoms with van der Waals surface area (Å²) in [5, 5.41) is 12.1. The normalized spacial score (nSPS) is 39.7. The van der Waals surface area contributed by atoms with Crippen molar-refractivity contribution < 1.29 is 13.5 Å². The van der Waals surface area contributed by atoms with Gasteiger partial charge in [0.15, 0.2) is 9.84 Å². The smallest absolute Gasteiger partial charge is 0.153 e. The van der Waals surface area contributed by atoms with Gasteiger partial charge in [-0.3, -0.25) is 0 Å². The molecule has 15 heavy (non-hydrogen) atoms. The van der Waals surface area contributed by atoms with Gasteiger partial charge in [0.25, 0.3) is 0 Å². The third kappa shape index (κ3) is 2.52. The SMILES string of the molecule is O=S1(=O)CCCC1CC1CNC(CO)C1. The number of aliphatic hydroxyl groups excluding tert-OH is 1. The van der Waals surface area contributed by atoms with E-state index in [4.69, 9.17) is 5.11 Å². The minimum atomic E-state index is -2.79. The van der Waals surface area contributed by atoms with Gasteiger partial charge in [0, 0.05) is 6.04 Å². The zero-order valence-corrected chi connectivity index (χ0v) is 9.67. The van der Waals surface area contributed by atoms with Gasteiger partial charge in [0.1, 0.15) is 0 Å². The van der Waals surface area contributed by atoms with Gasteiger partial charge in [-0.1, -0.05) is 0 Å². The molecule has 0 amide bonds. The molecule has 4 nitrogen and oxygen atoms in total. The highest BCUT2D eigenvalue weighted by atomic mass is 32.2. The molecule has 0 radical (unpaired) electrons. The lowest BCUT2D eigenvalue weighted by molar-refractivity contribution is 0.252. The average Bonchev–Trinajstić information content (AvgIpc) is 2.75. The fraction of sp³-hybridized carbons (Fsp3) is 1.00. The van der Waals surface area contributed by atoms with Crippen LogP contribution in [0.5, 0.6) is 0 Å². The number of nitrogens with one attached hydrogen (secondary N) is 1. The minimum absolute atomic E-state index is 0.109. The fourth-order valence-electron chi connectivity index (χ4n) is 2.72. The van der Waals surface area contributed by atoms with Crippen molar-refractivity contribution >= 4 is 9.84 Å². The van der Waals surface area contributed by atoms with Crippen LogP contribution < -0.4 is 5.32 Å². The van der Waals surface area contributed by atoms with Crippen LogP contribution in [-0.2, 0) is 9.84 Å². The molecule has 88 valence electrons. The van der Waals surface area contributed by atoms with Gasteiger partial charge in [0.2, 0.25) is 0 Å². The zero-order valence-electron chi connectivity index (χ0n) is 8.85. The van der Waals surface area contributed by atoms with Gasteiger partial charge in [0.05, 0.1) is 17.6 Å². The molecule has 2 N–H and O–H groups in total. The van der Waals surface area contributed by atoms with E-state index in [1.165, 1.54) is 0 Å². The summed E-state index contributed by atoms with van der Waals surface area (Å²) in [6.07, 6.45) is 3.37. The highest BCUT2D eigenvalue weighted by molar-refractivity contribution is 7.92. The van der Waals surface area contributed by atoms with Crippen molar-refractivity contribution in [3.63, 3.8) is 0 Å². The Kier molecular flexibility index (Phi) is 3.33. The first-order valence-corrected chi connectivity index (χ1v) is 7.39. The van der Waals surface area contributed by atoms with Crippen LogP contribution in [0, 0.1) is 5.92 Å². The average molecular weight is 233 g/mol. The summed E-state index contributed by atoms with van der Waals surface area (Å²) < 4.78 is 23.3. The molecule has 0 aromatic heterocycles. The summed E-state index contributed by atoms with van der Waals surface area (Å²) in [7, 11) is -2.79. The van der Waals surface area contributed by atoms with Crippen LogP contribution in [0.1, 0.15) is 25.7 Å². The molecule has 0 aromatic rings. The quantitative estimate of drug-likeness (QED) is 0.716. The monoisotopic (exact) mass is 233 g/mol. The van der Waals surface area contributed by atoms with E-state index >= 15 is 0 Å². The molecule has 2 aliphatic rings.